The van der Waals surface area contributed by atoms with Gasteiger partial charge in [-0.2, -0.15) is 9.50 Å². The van der Waals surface area contributed by atoms with Gasteiger partial charge in [0.25, 0.3) is 11.3 Å². The van der Waals surface area contributed by atoms with Gasteiger partial charge in [-0.25, -0.2) is 4.98 Å². The second-order valence-corrected chi connectivity index (χ2v) is 6.34. The quantitative estimate of drug-likeness (QED) is 0.573. The highest BCUT2D eigenvalue weighted by Crippen LogP contribution is 2.14. The first-order chi connectivity index (χ1) is 13.2. The number of ether oxygens (including phenoxy) is 1. The van der Waals surface area contributed by atoms with Crippen LogP contribution in [0.2, 0.25) is 0 Å². The number of nitrogens with one attached hydrogen (secondary N) is 1. The number of aromatic amines is 1. The number of H-pyrrole nitrogens is 1. The summed E-state index contributed by atoms with van der Waals surface area (Å²) in [5.74, 6) is 1.80. The monoisotopic (exact) mass is 360 g/mol. The van der Waals surface area contributed by atoms with Crippen LogP contribution in [0.5, 0.6) is 5.75 Å². The highest BCUT2D eigenvalue weighted by Gasteiger charge is 2.09. The summed E-state index contributed by atoms with van der Waals surface area (Å²) in [4.78, 5) is 21.2. The Morgan fingerprint density at radius 3 is 2.52 bits per heavy atom. The molecule has 0 aliphatic heterocycles. The van der Waals surface area contributed by atoms with Crippen molar-refractivity contribution in [3.8, 4) is 5.75 Å². The fraction of sp³-hybridized carbons (Fsp3) is 0.190. The number of hydrogen-bond donors (Lipinski definition) is 1. The third-order valence-electron chi connectivity index (χ3n) is 4.36. The Bertz CT molecular complexity index is 1100. The van der Waals surface area contributed by atoms with E-state index in [1.54, 1.807) is 0 Å². The van der Waals surface area contributed by atoms with Crippen molar-refractivity contribution in [3.63, 3.8) is 0 Å². The summed E-state index contributed by atoms with van der Waals surface area (Å²) in [5, 5.41) is 3.02. The van der Waals surface area contributed by atoms with E-state index < -0.39 is 0 Å². The number of fused-ring (bicyclic) bond motifs is 1. The van der Waals surface area contributed by atoms with Crippen LogP contribution < -0.4 is 10.3 Å². The standard InChI is InChI=1S/C21H20N4O2/c1-2-15-8-10-18(11-9-15)27-14-17-13-20(26)25-21(22-17)23-19(24-25)12-16-6-4-3-5-7-16/h3-11,13H,2,12,14H2,1H3,(H,22,23,24). The highest BCUT2D eigenvalue weighted by molar-refractivity contribution is 5.31. The molecule has 27 heavy (non-hydrogen) atoms. The van der Waals surface area contributed by atoms with E-state index in [0.29, 0.717) is 23.7 Å². The molecule has 0 unspecified atom stereocenters. The topological polar surface area (TPSA) is 72.3 Å². The first-order valence-electron chi connectivity index (χ1n) is 8.94. The molecule has 0 amide bonds. The summed E-state index contributed by atoms with van der Waals surface area (Å²) in [6.07, 6.45) is 1.60. The molecule has 0 aliphatic carbocycles. The van der Waals surface area contributed by atoms with Gasteiger partial charge in [-0.05, 0) is 29.7 Å². The maximum Gasteiger partial charge on any atom is 0.274 e. The zero-order chi connectivity index (χ0) is 18.6. The van der Waals surface area contributed by atoms with Gasteiger partial charge >= 0.3 is 0 Å². The van der Waals surface area contributed by atoms with Crippen LogP contribution in [0.4, 0.5) is 0 Å². The van der Waals surface area contributed by atoms with Gasteiger partial charge in [0.2, 0.25) is 0 Å². The van der Waals surface area contributed by atoms with Crippen molar-refractivity contribution in [2.24, 2.45) is 0 Å². The van der Waals surface area contributed by atoms with Crippen molar-refractivity contribution in [1.29, 1.82) is 0 Å². The lowest BCUT2D eigenvalue weighted by Gasteiger charge is -2.06. The van der Waals surface area contributed by atoms with Crippen LogP contribution in [0.1, 0.15) is 29.6 Å². The van der Waals surface area contributed by atoms with Gasteiger partial charge in [0, 0.05) is 12.5 Å². The molecule has 2 aromatic carbocycles. The van der Waals surface area contributed by atoms with E-state index in [0.717, 1.165) is 17.7 Å². The lowest BCUT2D eigenvalue weighted by atomic mass is 10.1. The predicted molar refractivity (Wildman–Crippen MR) is 103 cm³/mol. The summed E-state index contributed by atoms with van der Waals surface area (Å²) in [5.41, 5.74) is 2.72. The van der Waals surface area contributed by atoms with Crippen molar-refractivity contribution in [2.45, 2.75) is 26.4 Å². The smallest absolute Gasteiger partial charge is 0.274 e. The molecule has 0 atom stereocenters. The molecule has 0 spiro atoms. The second kappa shape index (κ2) is 7.45. The maximum absolute atomic E-state index is 12.4. The molecule has 0 fully saturated rings. The molecule has 6 heteroatoms. The first-order valence-corrected chi connectivity index (χ1v) is 8.94. The molecule has 4 aromatic rings. The van der Waals surface area contributed by atoms with E-state index in [-0.39, 0.29) is 12.2 Å². The molecular weight excluding hydrogens is 340 g/mol. The van der Waals surface area contributed by atoms with Crippen LogP contribution in [-0.2, 0) is 19.4 Å². The minimum Gasteiger partial charge on any atom is -0.487 e. The van der Waals surface area contributed by atoms with Crippen LogP contribution in [-0.4, -0.2) is 19.6 Å². The van der Waals surface area contributed by atoms with Gasteiger partial charge in [0.05, 0.1) is 5.69 Å². The van der Waals surface area contributed by atoms with Gasteiger partial charge in [-0.15, -0.1) is 0 Å². The minimum atomic E-state index is -0.202. The Morgan fingerprint density at radius 2 is 1.78 bits per heavy atom. The Labute approximate surface area is 156 Å². The number of benzene rings is 2. The van der Waals surface area contributed by atoms with E-state index in [9.17, 15) is 4.79 Å². The highest BCUT2D eigenvalue weighted by atomic mass is 16.5. The summed E-state index contributed by atoms with van der Waals surface area (Å²) in [6.45, 7) is 2.33. The Hall–Kier alpha value is -3.41. The van der Waals surface area contributed by atoms with Crippen molar-refractivity contribution >= 4 is 5.78 Å². The number of aromatic nitrogens is 4. The fourth-order valence-electron chi connectivity index (χ4n) is 2.89. The number of hydrogen-bond acceptors (Lipinski definition) is 4. The summed E-state index contributed by atoms with van der Waals surface area (Å²) in [6, 6.07) is 19.4. The predicted octanol–water partition coefficient (Wildman–Crippen LogP) is 3.15. The lowest BCUT2D eigenvalue weighted by molar-refractivity contribution is 0.301. The Morgan fingerprint density at radius 1 is 1.00 bits per heavy atom. The third kappa shape index (κ3) is 3.89. The molecule has 0 aliphatic rings. The molecule has 4 rings (SSSR count). The van der Waals surface area contributed by atoms with Crippen molar-refractivity contribution in [1.82, 2.24) is 19.6 Å². The van der Waals surface area contributed by atoms with Crippen LogP contribution in [0.15, 0.2) is 65.5 Å². The van der Waals surface area contributed by atoms with Gasteiger partial charge in [0.15, 0.2) is 0 Å². The largest absolute Gasteiger partial charge is 0.487 e. The van der Waals surface area contributed by atoms with Crippen molar-refractivity contribution in [3.05, 3.63) is 93.7 Å². The average Bonchev–Trinajstić information content (AvgIpc) is 3.10. The van der Waals surface area contributed by atoms with Crippen LogP contribution in [0, 0.1) is 0 Å². The van der Waals surface area contributed by atoms with E-state index >= 15 is 0 Å². The molecule has 0 saturated heterocycles. The molecule has 0 radical (unpaired) electrons. The summed E-state index contributed by atoms with van der Waals surface area (Å²) >= 11 is 0. The van der Waals surface area contributed by atoms with E-state index in [1.807, 2.05) is 54.6 Å². The summed E-state index contributed by atoms with van der Waals surface area (Å²) < 4.78 is 7.11. The Balaban J connectivity index is 1.52. The van der Waals surface area contributed by atoms with Gasteiger partial charge < -0.3 is 4.74 Å². The molecule has 136 valence electrons. The van der Waals surface area contributed by atoms with Crippen molar-refractivity contribution < 1.29 is 4.74 Å². The molecule has 6 nitrogen and oxygen atoms in total. The number of rotatable bonds is 6. The third-order valence-corrected chi connectivity index (χ3v) is 4.36. The summed E-state index contributed by atoms with van der Waals surface area (Å²) in [7, 11) is 0. The molecule has 0 bridgehead atoms. The minimum absolute atomic E-state index is 0.202. The van der Waals surface area contributed by atoms with E-state index in [1.165, 1.54) is 16.1 Å². The maximum atomic E-state index is 12.4. The zero-order valence-electron chi connectivity index (χ0n) is 15.1. The van der Waals surface area contributed by atoms with Crippen LogP contribution in [0.3, 0.4) is 0 Å². The average molecular weight is 360 g/mol. The fourth-order valence-corrected chi connectivity index (χ4v) is 2.89. The van der Waals surface area contributed by atoms with Gasteiger partial charge in [-0.1, -0.05) is 49.4 Å². The van der Waals surface area contributed by atoms with Gasteiger partial charge in [-0.3, -0.25) is 9.89 Å². The molecule has 0 saturated carbocycles. The molecule has 2 aromatic heterocycles. The zero-order valence-corrected chi connectivity index (χ0v) is 15.1. The normalized spacial score (nSPS) is 11.0. The van der Waals surface area contributed by atoms with Gasteiger partial charge in [0.1, 0.15) is 18.2 Å². The number of aryl methyl sites for hydroxylation is 1. The second-order valence-electron chi connectivity index (χ2n) is 6.34. The van der Waals surface area contributed by atoms with E-state index in [2.05, 4.69) is 22.0 Å². The SMILES string of the molecule is CCc1ccc(OCc2cc(=O)n3[nH]c(Cc4ccccc4)nc3n2)cc1. The number of nitrogens with zero attached hydrogens (tertiary/aromatic N) is 3. The lowest BCUT2D eigenvalue weighted by Crippen LogP contribution is -2.16. The van der Waals surface area contributed by atoms with E-state index in [4.69, 9.17) is 4.74 Å². The molecule has 2 heterocycles. The van der Waals surface area contributed by atoms with Crippen LogP contribution >= 0.6 is 0 Å². The molecular formula is C21H20N4O2. The molecule has 1 N–H and O–H groups in total. The first kappa shape index (κ1) is 17.0. The van der Waals surface area contributed by atoms with Crippen molar-refractivity contribution in [2.75, 3.05) is 0 Å². The Kier molecular flexibility index (Phi) is 4.70. The van der Waals surface area contributed by atoms with Crippen LogP contribution in [0.25, 0.3) is 5.78 Å².